The maximum absolute atomic E-state index is 13.8. The van der Waals surface area contributed by atoms with Gasteiger partial charge in [-0.1, -0.05) is 13.0 Å². The van der Waals surface area contributed by atoms with Crippen molar-refractivity contribution < 1.29 is 17.7 Å². The van der Waals surface area contributed by atoms with Crippen molar-refractivity contribution in [1.29, 1.82) is 0 Å². The summed E-state index contributed by atoms with van der Waals surface area (Å²) < 4.78 is 39.6. The molecule has 1 fully saturated rings. The molecule has 0 saturated carbocycles. The second-order valence-corrected chi connectivity index (χ2v) is 6.68. The zero-order valence-corrected chi connectivity index (χ0v) is 11.5. The van der Waals surface area contributed by atoms with Crippen LogP contribution in [0.15, 0.2) is 23.1 Å². The van der Waals surface area contributed by atoms with Crippen molar-refractivity contribution >= 4 is 15.7 Å². The van der Waals surface area contributed by atoms with Crippen molar-refractivity contribution in [2.75, 3.05) is 13.1 Å². The SMILES string of the molecule is CC1CN(S(=O)(=O)c2c(F)cccc2[N+](=O)[O-])CC1N. The topological polar surface area (TPSA) is 107 Å². The molecule has 20 heavy (non-hydrogen) atoms. The Hall–Kier alpha value is -1.58. The number of nitrogens with two attached hydrogens (primary N) is 1. The number of halogens is 1. The van der Waals surface area contributed by atoms with Crippen LogP contribution in [0.4, 0.5) is 10.1 Å². The van der Waals surface area contributed by atoms with Gasteiger partial charge in [-0.3, -0.25) is 10.1 Å². The zero-order valence-electron chi connectivity index (χ0n) is 10.7. The average molecular weight is 303 g/mol. The molecule has 0 spiro atoms. The molecule has 1 aliphatic rings. The Morgan fingerprint density at radius 1 is 1.45 bits per heavy atom. The van der Waals surface area contributed by atoms with Crippen LogP contribution in [-0.4, -0.2) is 36.8 Å². The third-order valence-corrected chi connectivity index (χ3v) is 5.28. The molecule has 2 unspecified atom stereocenters. The monoisotopic (exact) mass is 303 g/mol. The van der Waals surface area contributed by atoms with E-state index >= 15 is 0 Å². The molecule has 110 valence electrons. The maximum atomic E-state index is 13.8. The van der Waals surface area contributed by atoms with Crippen molar-refractivity contribution in [3.8, 4) is 0 Å². The number of hydrogen-bond donors (Lipinski definition) is 1. The van der Waals surface area contributed by atoms with Crippen molar-refractivity contribution in [2.24, 2.45) is 11.7 Å². The normalized spacial score (nSPS) is 23.9. The molecule has 1 aromatic rings. The first-order chi connectivity index (χ1) is 9.25. The third-order valence-electron chi connectivity index (χ3n) is 3.38. The molecule has 1 heterocycles. The molecule has 0 aliphatic carbocycles. The number of nitro groups is 1. The lowest BCUT2D eigenvalue weighted by Crippen LogP contribution is -2.33. The van der Waals surface area contributed by atoms with Gasteiger partial charge in [-0.25, -0.2) is 12.8 Å². The summed E-state index contributed by atoms with van der Waals surface area (Å²) in [5.41, 5.74) is 4.98. The maximum Gasteiger partial charge on any atom is 0.292 e. The van der Waals surface area contributed by atoms with Gasteiger partial charge in [0.05, 0.1) is 4.92 Å². The number of nitro benzene ring substituents is 1. The average Bonchev–Trinajstić information content (AvgIpc) is 2.69. The predicted molar refractivity (Wildman–Crippen MR) is 69.0 cm³/mol. The summed E-state index contributed by atoms with van der Waals surface area (Å²) in [6, 6.07) is 2.59. The number of rotatable bonds is 3. The van der Waals surface area contributed by atoms with Crippen LogP contribution in [0.5, 0.6) is 0 Å². The van der Waals surface area contributed by atoms with Crippen LogP contribution in [0.25, 0.3) is 0 Å². The van der Waals surface area contributed by atoms with Gasteiger partial charge in [-0.05, 0) is 12.0 Å². The minimum absolute atomic E-state index is 0.0228. The van der Waals surface area contributed by atoms with E-state index in [0.717, 1.165) is 22.5 Å². The first kappa shape index (κ1) is 14.8. The van der Waals surface area contributed by atoms with Gasteiger partial charge in [0.15, 0.2) is 4.90 Å². The second-order valence-electron chi connectivity index (χ2n) is 4.81. The highest BCUT2D eigenvalue weighted by atomic mass is 32.2. The van der Waals surface area contributed by atoms with Gasteiger partial charge in [0.25, 0.3) is 15.7 Å². The quantitative estimate of drug-likeness (QED) is 0.653. The molecule has 1 aliphatic heterocycles. The largest absolute Gasteiger partial charge is 0.326 e. The fraction of sp³-hybridized carbons (Fsp3) is 0.455. The van der Waals surface area contributed by atoms with E-state index in [-0.39, 0.29) is 25.0 Å². The van der Waals surface area contributed by atoms with Crippen molar-refractivity contribution in [1.82, 2.24) is 4.31 Å². The zero-order chi connectivity index (χ0) is 15.1. The summed E-state index contributed by atoms with van der Waals surface area (Å²) >= 11 is 0. The summed E-state index contributed by atoms with van der Waals surface area (Å²) in [4.78, 5) is 9.09. The van der Waals surface area contributed by atoms with Gasteiger partial charge < -0.3 is 5.73 Å². The fourth-order valence-corrected chi connectivity index (χ4v) is 3.95. The molecule has 0 bridgehead atoms. The second kappa shape index (κ2) is 5.08. The van der Waals surface area contributed by atoms with Crippen molar-refractivity contribution in [3.05, 3.63) is 34.1 Å². The Bertz CT molecular complexity index is 639. The van der Waals surface area contributed by atoms with E-state index in [2.05, 4.69) is 0 Å². The van der Waals surface area contributed by atoms with Crippen LogP contribution in [-0.2, 0) is 10.0 Å². The standard InChI is InChI=1S/C11H14FN3O4S/c1-7-5-14(6-9(7)13)20(18,19)11-8(12)3-2-4-10(11)15(16)17/h2-4,7,9H,5-6,13H2,1H3. The fourth-order valence-electron chi connectivity index (χ4n) is 2.17. The molecule has 9 heteroatoms. The van der Waals surface area contributed by atoms with Crippen LogP contribution < -0.4 is 5.73 Å². The molecule has 2 N–H and O–H groups in total. The van der Waals surface area contributed by atoms with E-state index in [4.69, 9.17) is 5.73 Å². The molecule has 0 aromatic heterocycles. The molecule has 2 atom stereocenters. The Balaban J connectivity index is 2.53. The smallest absolute Gasteiger partial charge is 0.292 e. The van der Waals surface area contributed by atoms with Crippen LogP contribution in [0.3, 0.4) is 0 Å². The summed E-state index contributed by atoms with van der Waals surface area (Å²) in [7, 11) is -4.27. The van der Waals surface area contributed by atoms with Crippen molar-refractivity contribution in [3.63, 3.8) is 0 Å². The Kier molecular flexibility index (Phi) is 3.76. The van der Waals surface area contributed by atoms with E-state index < -0.39 is 31.3 Å². The molecule has 0 amide bonds. The van der Waals surface area contributed by atoms with Gasteiger partial charge >= 0.3 is 0 Å². The lowest BCUT2D eigenvalue weighted by Gasteiger charge is -2.16. The summed E-state index contributed by atoms with van der Waals surface area (Å²) in [6.45, 7) is 1.92. The molecular weight excluding hydrogens is 289 g/mol. The van der Waals surface area contributed by atoms with Crippen LogP contribution in [0.1, 0.15) is 6.92 Å². The van der Waals surface area contributed by atoms with E-state index in [1.54, 1.807) is 6.92 Å². The Morgan fingerprint density at radius 2 is 2.10 bits per heavy atom. The summed E-state index contributed by atoms with van der Waals surface area (Å²) in [5, 5.41) is 10.9. The van der Waals surface area contributed by atoms with Gasteiger partial charge in [0.1, 0.15) is 5.82 Å². The molecule has 1 aromatic carbocycles. The highest BCUT2D eigenvalue weighted by Gasteiger charge is 2.40. The molecular formula is C11H14FN3O4S. The van der Waals surface area contributed by atoms with E-state index in [0.29, 0.717) is 0 Å². The van der Waals surface area contributed by atoms with Gasteiger partial charge in [0.2, 0.25) is 0 Å². The lowest BCUT2D eigenvalue weighted by molar-refractivity contribution is -0.388. The lowest BCUT2D eigenvalue weighted by atomic mass is 10.1. The van der Waals surface area contributed by atoms with E-state index in [1.807, 2.05) is 0 Å². The van der Waals surface area contributed by atoms with Gasteiger partial charge in [0, 0.05) is 25.2 Å². The predicted octanol–water partition coefficient (Wildman–Crippen LogP) is 0.702. The minimum atomic E-state index is -4.27. The molecule has 0 radical (unpaired) electrons. The number of hydrogen-bond acceptors (Lipinski definition) is 5. The van der Waals surface area contributed by atoms with Crippen molar-refractivity contribution in [2.45, 2.75) is 17.9 Å². The van der Waals surface area contributed by atoms with E-state index in [9.17, 15) is 22.9 Å². The third kappa shape index (κ3) is 2.39. The van der Waals surface area contributed by atoms with Crippen LogP contribution >= 0.6 is 0 Å². The number of sulfonamides is 1. The molecule has 7 nitrogen and oxygen atoms in total. The number of nitrogens with zero attached hydrogens (tertiary/aromatic N) is 2. The minimum Gasteiger partial charge on any atom is -0.326 e. The highest BCUT2D eigenvalue weighted by molar-refractivity contribution is 7.89. The van der Waals surface area contributed by atoms with Gasteiger partial charge in [-0.15, -0.1) is 0 Å². The summed E-state index contributed by atoms with van der Waals surface area (Å²) in [6.07, 6.45) is 0. The van der Waals surface area contributed by atoms with Crippen LogP contribution in [0.2, 0.25) is 0 Å². The Labute approximate surface area is 115 Å². The van der Waals surface area contributed by atoms with Gasteiger partial charge in [-0.2, -0.15) is 4.31 Å². The molecule has 2 rings (SSSR count). The van der Waals surface area contributed by atoms with E-state index in [1.165, 1.54) is 0 Å². The Morgan fingerprint density at radius 3 is 2.60 bits per heavy atom. The van der Waals surface area contributed by atoms with Crippen LogP contribution in [0, 0.1) is 21.8 Å². The number of benzene rings is 1. The molecule has 1 saturated heterocycles. The highest BCUT2D eigenvalue weighted by Crippen LogP contribution is 2.31. The first-order valence-electron chi connectivity index (χ1n) is 5.93. The summed E-state index contributed by atoms with van der Waals surface area (Å²) in [5.74, 6) is -1.22. The first-order valence-corrected chi connectivity index (χ1v) is 7.37.